The molecule has 1 aromatic heterocycles. The third kappa shape index (κ3) is 3.29. The van der Waals surface area contributed by atoms with Gasteiger partial charge in [-0.25, -0.2) is 0 Å². The Balaban J connectivity index is 1.83. The molecule has 4 nitrogen and oxygen atoms in total. The third-order valence-electron chi connectivity index (χ3n) is 2.89. The number of piperidine rings is 1. The number of nitrogens with zero attached hydrogens (tertiary/aromatic N) is 3. The molecule has 1 saturated heterocycles. The SMILES string of the molecule is Nc1nnc(CN2CCC(C(F)(F)F)CC2)s1. The predicted molar refractivity (Wildman–Crippen MR) is 58.4 cm³/mol. The Bertz CT molecular complexity index is 371. The lowest BCUT2D eigenvalue weighted by Gasteiger charge is -2.32. The number of hydrogen-bond donors (Lipinski definition) is 1. The highest BCUT2D eigenvalue weighted by Crippen LogP contribution is 2.34. The van der Waals surface area contributed by atoms with Gasteiger partial charge >= 0.3 is 6.18 Å². The van der Waals surface area contributed by atoms with E-state index in [2.05, 4.69) is 10.2 Å². The molecule has 2 N–H and O–H groups in total. The summed E-state index contributed by atoms with van der Waals surface area (Å²) in [5, 5.41) is 8.68. The number of nitrogen functional groups attached to an aromatic ring is 1. The second-order valence-electron chi connectivity index (χ2n) is 4.13. The summed E-state index contributed by atoms with van der Waals surface area (Å²) in [6.07, 6.45) is -3.73. The number of rotatable bonds is 2. The number of halogens is 3. The molecular formula is C9H13F3N4S. The van der Waals surface area contributed by atoms with Crippen LogP contribution in [-0.2, 0) is 6.54 Å². The fraction of sp³-hybridized carbons (Fsp3) is 0.778. The van der Waals surface area contributed by atoms with E-state index >= 15 is 0 Å². The van der Waals surface area contributed by atoms with Gasteiger partial charge in [0, 0.05) is 0 Å². The summed E-state index contributed by atoms with van der Waals surface area (Å²) in [5.41, 5.74) is 5.44. The summed E-state index contributed by atoms with van der Waals surface area (Å²) in [6, 6.07) is 0. The van der Waals surface area contributed by atoms with Crippen LogP contribution >= 0.6 is 11.3 Å². The lowest BCUT2D eigenvalue weighted by atomic mass is 9.96. The molecule has 0 spiro atoms. The van der Waals surface area contributed by atoms with Crippen LogP contribution in [0.1, 0.15) is 17.8 Å². The van der Waals surface area contributed by atoms with E-state index in [1.165, 1.54) is 11.3 Å². The van der Waals surface area contributed by atoms with Gasteiger partial charge in [-0.3, -0.25) is 4.90 Å². The fourth-order valence-electron chi connectivity index (χ4n) is 1.94. The molecule has 1 aliphatic rings. The summed E-state index contributed by atoms with van der Waals surface area (Å²) in [6.45, 7) is 1.44. The van der Waals surface area contributed by atoms with Gasteiger partial charge in [0.2, 0.25) is 5.13 Å². The van der Waals surface area contributed by atoms with Crippen molar-refractivity contribution in [2.45, 2.75) is 25.6 Å². The minimum absolute atomic E-state index is 0.164. The van der Waals surface area contributed by atoms with Crippen molar-refractivity contribution >= 4 is 16.5 Å². The molecule has 8 heteroatoms. The van der Waals surface area contributed by atoms with Gasteiger partial charge in [0.25, 0.3) is 0 Å². The highest BCUT2D eigenvalue weighted by molar-refractivity contribution is 7.15. The molecule has 0 unspecified atom stereocenters. The van der Waals surface area contributed by atoms with Gasteiger partial charge in [-0.05, 0) is 25.9 Å². The highest BCUT2D eigenvalue weighted by Gasteiger charge is 2.41. The Morgan fingerprint density at radius 3 is 2.41 bits per heavy atom. The molecule has 2 rings (SSSR count). The van der Waals surface area contributed by atoms with Crippen LogP contribution in [0.25, 0.3) is 0 Å². The van der Waals surface area contributed by atoms with E-state index in [4.69, 9.17) is 5.73 Å². The van der Waals surface area contributed by atoms with Crippen LogP contribution in [0.2, 0.25) is 0 Å². The van der Waals surface area contributed by atoms with Crippen molar-refractivity contribution in [1.82, 2.24) is 15.1 Å². The molecule has 0 aromatic carbocycles. The van der Waals surface area contributed by atoms with Crippen LogP contribution in [0.3, 0.4) is 0 Å². The summed E-state index contributed by atoms with van der Waals surface area (Å²) < 4.78 is 37.3. The molecule has 1 aliphatic heterocycles. The lowest BCUT2D eigenvalue weighted by molar-refractivity contribution is -0.185. The van der Waals surface area contributed by atoms with E-state index in [-0.39, 0.29) is 12.8 Å². The summed E-state index contributed by atoms with van der Waals surface area (Å²) in [5.74, 6) is -1.15. The quantitative estimate of drug-likeness (QED) is 0.888. The van der Waals surface area contributed by atoms with Gasteiger partial charge in [-0.1, -0.05) is 11.3 Å². The molecule has 17 heavy (non-hydrogen) atoms. The average Bonchev–Trinajstić information content (AvgIpc) is 2.63. The van der Waals surface area contributed by atoms with Crippen molar-refractivity contribution in [1.29, 1.82) is 0 Å². The van der Waals surface area contributed by atoms with Gasteiger partial charge in [0.1, 0.15) is 5.01 Å². The van der Waals surface area contributed by atoms with Crippen LogP contribution in [0.15, 0.2) is 0 Å². The van der Waals surface area contributed by atoms with Crippen LogP contribution in [-0.4, -0.2) is 34.4 Å². The molecule has 1 fully saturated rings. The molecule has 0 aliphatic carbocycles. The first-order valence-electron chi connectivity index (χ1n) is 5.32. The Kier molecular flexibility index (Phi) is 3.53. The summed E-state index contributed by atoms with van der Waals surface area (Å²) in [4.78, 5) is 1.96. The Morgan fingerprint density at radius 1 is 1.29 bits per heavy atom. The second-order valence-corrected chi connectivity index (χ2v) is 5.22. The molecular weight excluding hydrogens is 253 g/mol. The maximum absolute atomic E-state index is 12.4. The number of alkyl halides is 3. The van der Waals surface area contributed by atoms with Crippen molar-refractivity contribution in [2.75, 3.05) is 18.8 Å². The molecule has 0 atom stereocenters. The Hall–Kier alpha value is -0.890. The third-order valence-corrected chi connectivity index (χ3v) is 3.63. The van der Waals surface area contributed by atoms with E-state index in [9.17, 15) is 13.2 Å². The van der Waals surface area contributed by atoms with Gasteiger partial charge in [0.15, 0.2) is 0 Å². The van der Waals surface area contributed by atoms with E-state index in [0.717, 1.165) is 5.01 Å². The Labute approximate surface area is 101 Å². The standard InChI is InChI=1S/C9H13F3N4S/c10-9(11,12)6-1-3-16(4-2-6)5-7-14-15-8(13)17-7/h6H,1-5H2,(H2,13,15). The molecule has 1 aromatic rings. The van der Waals surface area contributed by atoms with Crippen molar-refractivity contribution in [3.05, 3.63) is 5.01 Å². The number of likely N-dealkylation sites (tertiary alicyclic amines) is 1. The molecule has 0 amide bonds. The second kappa shape index (κ2) is 4.77. The smallest absolute Gasteiger partial charge is 0.374 e. The van der Waals surface area contributed by atoms with Gasteiger partial charge in [-0.2, -0.15) is 13.2 Å². The first kappa shape index (κ1) is 12.6. The minimum atomic E-state index is -4.06. The van der Waals surface area contributed by atoms with Crippen molar-refractivity contribution in [3.63, 3.8) is 0 Å². The maximum Gasteiger partial charge on any atom is 0.391 e. The van der Waals surface area contributed by atoms with E-state index in [1.807, 2.05) is 4.90 Å². The molecule has 2 heterocycles. The topological polar surface area (TPSA) is 55.0 Å². The molecule has 96 valence electrons. The van der Waals surface area contributed by atoms with Crippen LogP contribution < -0.4 is 5.73 Å². The normalized spacial score (nSPS) is 19.7. The molecule has 0 bridgehead atoms. The van der Waals surface area contributed by atoms with Crippen molar-refractivity contribution in [2.24, 2.45) is 5.92 Å². The first-order valence-corrected chi connectivity index (χ1v) is 6.13. The number of aromatic nitrogens is 2. The fourth-order valence-corrected chi connectivity index (χ4v) is 2.59. The summed E-state index contributed by atoms with van der Waals surface area (Å²) in [7, 11) is 0. The van der Waals surface area contributed by atoms with Gasteiger partial charge < -0.3 is 5.73 Å². The zero-order valence-corrected chi connectivity index (χ0v) is 9.89. The number of anilines is 1. The minimum Gasteiger partial charge on any atom is -0.374 e. The van der Waals surface area contributed by atoms with Crippen molar-refractivity contribution < 1.29 is 13.2 Å². The van der Waals surface area contributed by atoms with Crippen LogP contribution in [0.4, 0.5) is 18.3 Å². The monoisotopic (exact) mass is 266 g/mol. The lowest BCUT2D eigenvalue weighted by Crippen LogP contribution is -2.38. The van der Waals surface area contributed by atoms with Crippen LogP contribution in [0, 0.1) is 5.92 Å². The molecule has 0 radical (unpaired) electrons. The zero-order chi connectivity index (χ0) is 12.5. The zero-order valence-electron chi connectivity index (χ0n) is 9.07. The first-order chi connectivity index (χ1) is 7.95. The van der Waals surface area contributed by atoms with Gasteiger partial charge in [-0.15, -0.1) is 10.2 Å². The van der Waals surface area contributed by atoms with E-state index in [1.54, 1.807) is 0 Å². The maximum atomic E-state index is 12.4. The van der Waals surface area contributed by atoms with Gasteiger partial charge in [0.05, 0.1) is 12.5 Å². The average molecular weight is 266 g/mol. The summed E-state index contributed by atoms with van der Waals surface area (Å²) >= 11 is 1.28. The largest absolute Gasteiger partial charge is 0.391 e. The van der Waals surface area contributed by atoms with E-state index < -0.39 is 12.1 Å². The number of nitrogens with two attached hydrogens (primary N) is 1. The van der Waals surface area contributed by atoms with E-state index in [0.29, 0.717) is 24.8 Å². The molecule has 0 saturated carbocycles. The van der Waals surface area contributed by atoms with Crippen LogP contribution in [0.5, 0.6) is 0 Å². The highest BCUT2D eigenvalue weighted by atomic mass is 32.1. The van der Waals surface area contributed by atoms with Crippen molar-refractivity contribution in [3.8, 4) is 0 Å². The predicted octanol–water partition coefficient (Wildman–Crippen LogP) is 1.89. The number of hydrogen-bond acceptors (Lipinski definition) is 5. The Morgan fingerprint density at radius 2 is 1.94 bits per heavy atom.